The van der Waals surface area contributed by atoms with Gasteiger partial charge in [-0.2, -0.15) is 0 Å². The van der Waals surface area contributed by atoms with Crippen molar-refractivity contribution >= 4 is 28.6 Å². The van der Waals surface area contributed by atoms with E-state index in [1.807, 2.05) is 0 Å². The molecule has 23 heavy (non-hydrogen) atoms. The Kier molecular flexibility index (Phi) is 4.63. The van der Waals surface area contributed by atoms with Crippen LogP contribution in [0.2, 0.25) is 0 Å². The van der Waals surface area contributed by atoms with Crippen LogP contribution in [0.25, 0.3) is 0 Å². The van der Waals surface area contributed by atoms with Crippen LogP contribution in [0.4, 0.5) is 0 Å². The summed E-state index contributed by atoms with van der Waals surface area (Å²) in [5.74, 6) is -2.66. The van der Waals surface area contributed by atoms with E-state index >= 15 is 0 Å². The Morgan fingerprint density at radius 2 is 2.04 bits per heavy atom. The predicted octanol–water partition coefficient (Wildman–Crippen LogP) is -0.831. The van der Waals surface area contributed by atoms with Gasteiger partial charge in [0.25, 0.3) is 0 Å². The number of hydrogen-bond donors (Lipinski definition) is 3. The number of aliphatic carboxylic acids is 1. The second-order valence-corrected chi connectivity index (χ2v) is 7.81. The Balaban J connectivity index is 2.20. The van der Waals surface area contributed by atoms with Gasteiger partial charge in [0.05, 0.1) is 28.4 Å². The molecular weight excluding hydrogens is 324 g/mol. The summed E-state index contributed by atoms with van der Waals surface area (Å²) in [6.45, 7) is 4.49. The Labute approximate surface area is 136 Å². The van der Waals surface area contributed by atoms with E-state index < -0.39 is 40.2 Å². The van der Waals surface area contributed by atoms with Gasteiger partial charge in [0.2, 0.25) is 11.8 Å². The third-order valence-electron chi connectivity index (χ3n) is 4.02. The molecule has 2 aliphatic heterocycles. The van der Waals surface area contributed by atoms with Crippen molar-refractivity contribution in [1.29, 1.82) is 0 Å². The summed E-state index contributed by atoms with van der Waals surface area (Å²) >= 11 is 0. The molecule has 2 heterocycles. The summed E-state index contributed by atoms with van der Waals surface area (Å²) in [7, 11) is -1.61. The van der Waals surface area contributed by atoms with E-state index in [0.717, 1.165) is 4.90 Å². The van der Waals surface area contributed by atoms with Gasteiger partial charge in [0.15, 0.2) is 0 Å². The van der Waals surface area contributed by atoms with Crippen LogP contribution in [0.5, 0.6) is 0 Å². The molecule has 2 rings (SSSR count). The van der Waals surface area contributed by atoms with Crippen molar-refractivity contribution < 1.29 is 28.8 Å². The zero-order valence-electron chi connectivity index (χ0n) is 13.2. The molecule has 0 bridgehead atoms. The van der Waals surface area contributed by atoms with Crippen molar-refractivity contribution in [2.75, 3.05) is 12.3 Å². The summed E-state index contributed by atoms with van der Waals surface area (Å²) in [6.07, 6.45) is 0.161. The lowest BCUT2D eigenvalue weighted by Gasteiger charge is -2.48. The van der Waals surface area contributed by atoms with Crippen LogP contribution in [-0.2, 0) is 25.2 Å². The van der Waals surface area contributed by atoms with Gasteiger partial charge < -0.3 is 20.4 Å². The van der Waals surface area contributed by atoms with Gasteiger partial charge in [-0.05, 0) is 13.8 Å². The topological polar surface area (TPSA) is 124 Å². The fourth-order valence-corrected chi connectivity index (χ4v) is 4.38. The summed E-state index contributed by atoms with van der Waals surface area (Å²) < 4.78 is 12.4. The minimum atomic E-state index is -1.61. The number of hydrogen-bond acceptors (Lipinski definition) is 5. The SMILES string of the molecule is CC(=O)NCC[S@@](=O)C1=C(C(=O)O)N2C(=O)[C@@H](C(C)(C)O)[C@H]2C1. The lowest BCUT2D eigenvalue weighted by atomic mass is 9.76. The van der Waals surface area contributed by atoms with Crippen molar-refractivity contribution in [2.24, 2.45) is 5.92 Å². The van der Waals surface area contributed by atoms with Crippen LogP contribution in [0.1, 0.15) is 27.2 Å². The fourth-order valence-electron chi connectivity index (χ4n) is 3.09. The van der Waals surface area contributed by atoms with Crippen molar-refractivity contribution in [3.05, 3.63) is 10.6 Å². The first-order valence-electron chi connectivity index (χ1n) is 7.20. The molecule has 0 spiro atoms. The van der Waals surface area contributed by atoms with Gasteiger partial charge in [-0.15, -0.1) is 0 Å². The van der Waals surface area contributed by atoms with Gasteiger partial charge in [0.1, 0.15) is 5.70 Å². The lowest BCUT2D eigenvalue weighted by molar-refractivity contribution is -0.169. The normalized spacial score (nSPS) is 25.0. The van der Waals surface area contributed by atoms with Crippen molar-refractivity contribution in [1.82, 2.24) is 10.2 Å². The zero-order chi connectivity index (χ0) is 17.5. The van der Waals surface area contributed by atoms with E-state index in [4.69, 9.17) is 0 Å². The van der Waals surface area contributed by atoms with Gasteiger partial charge in [-0.1, -0.05) is 0 Å². The first-order valence-corrected chi connectivity index (χ1v) is 8.52. The Morgan fingerprint density at radius 1 is 1.43 bits per heavy atom. The number of rotatable bonds is 6. The number of nitrogens with zero attached hydrogens (tertiary/aromatic N) is 1. The molecule has 0 aromatic carbocycles. The summed E-state index contributed by atoms with van der Waals surface area (Å²) in [5, 5.41) is 21.9. The molecule has 8 nitrogen and oxygen atoms in total. The predicted molar refractivity (Wildman–Crippen MR) is 81.4 cm³/mol. The summed E-state index contributed by atoms with van der Waals surface area (Å²) in [4.78, 5) is 35.8. The van der Waals surface area contributed by atoms with Crippen LogP contribution >= 0.6 is 0 Å². The zero-order valence-corrected chi connectivity index (χ0v) is 14.0. The van der Waals surface area contributed by atoms with Crippen LogP contribution in [0.15, 0.2) is 10.6 Å². The Morgan fingerprint density at radius 3 is 2.52 bits per heavy atom. The quantitative estimate of drug-likeness (QED) is 0.540. The van der Waals surface area contributed by atoms with Crippen molar-refractivity contribution in [3.63, 3.8) is 0 Å². The number of carbonyl (C=O) groups excluding carboxylic acids is 2. The molecule has 0 saturated carbocycles. The average Bonchev–Trinajstić information content (AvgIpc) is 2.71. The number of nitrogens with one attached hydrogen (secondary N) is 1. The number of fused-ring (bicyclic) bond motifs is 1. The minimum absolute atomic E-state index is 0.0770. The molecule has 1 saturated heterocycles. The third-order valence-corrected chi connectivity index (χ3v) is 5.50. The van der Waals surface area contributed by atoms with Crippen LogP contribution in [0.3, 0.4) is 0 Å². The number of carbonyl (C=O) groups is 3. The van der Waals surface area contributed by atoms with E-state index in [2.05, 4.69) is 5.32 Å². The van der Waals surface area contributed by atoms with Crippen LogP contribution in [-0.4, -0.2) is 61.0 Å². The molecule has 3 atom stereocenters. The maximum Gasteiger partial charge on any atom is 0.353 e. The first-order chi connectivity index (χ1) is 10.6. The molecule has 0 radical (unpaired) electrons. The monoisotopic (exact) mass is 344 g/mol. The smallest absolute Gasteiger partial charge is 0.353 e. The second kappa shape index (κ2) is 6.04. The average molecular weight is 344 g/mol. The molecule has 2 amide bonds. The highest BCUT2D eigenvalue weighted by molar-refractivity contribution is 7.89. The maximum atomic E-state index is 12.4. The van der Waals surface area contributed by atoms with Crippen LogP contribution in [0, 0.1) is 5.92 Å². The molecule has 1 fully saturated rings. The van der Waals surface area contributed by atoms with E-state index in [-0.39, 0.29) is 35.2 Å². The summed E-state index contributed by atoms with van der Waals surface area (Å²) in [5.41, 5.74) is -1.52. The van der Waals surface area contributed by atoms with Gasteiger partial charge in [0, 0.05) is 30.5 Å². The standard InChI is InChI=1S/C14H20N2O6S/c1-7(17)15-4-5-23(22)9-6-8-10(14(2,3)21)12(18)16(8)11(9)13(19)20/h8,10,21H,4-6H2,1-3H3,(H,15,17)(H,19,20)/t8-,10+,23-/m1/s1. The number of β-lactam (4-membered cyclic amide) rings is 1. The lowest BCUT2D eigenvalue weighted by Crippen LogP contribution is -2.65. The van der Waals surface area contributed by atoms with Crippen molar-refractivity contribution in [2.45, 2.75) is 38.8 Å². The van der Waals surface area contributed by atoms with Gasteiger partial charge in [-0.25, -0.2) is 4.79 Å². The maximum absolute atomic E-state index is 12.4. The molecule has 0 aromatic rings. The van der Waals surface area contributed by atoms with Crippen LogP contribution < -0.4 is 5.32 Å². The molecular formula is C14H20N2O6S. The van der Waals surface area contributed by atoms with E-state index in [9.17, 15) is 28.8 Å². The molecule has 9 heteroatoms. The van der Waals surface area contributed by atoms with Gasteiger partial charge >= 0.3 is 5.97 Å². The second-order valence-electron chi connectivity index (χ2n) is 6.22. The third kappa shape index (κ3) is 3.16. The van der Waals surface area contributed by atoms with E-state index in [1.165, 1.54) is 20.8 Å². The largest absolute Gasteiger partial charge is 0.477 e. The molecule has 2 aliphatic rings. The highest BCUT2D eigenvalue weighted by atomic mass is 32.2. The minimum Gasteiger partial charge on any atom is -0.477 e. The number of amides is 2. The molecule has 3 N–H and O–H groups in total. The molecule has 0 aromatic heterocycles. The first kappa shape index (κ1) is 17.6. The van der Waals surface area contributed by atoms with E-state index in [1.54, 1.807) is 0 Å². The fraction of sp³-hybridized carbons (Fsp3) is 0.643. The highest BCUT2D eigenvalue weighted by Gasteiger charge is 2.60. The Bertz CT molecular complexity index is 621. The number of carboxylic acid groups (broad SMARTS) is 1. The van der Waals surface area contributed by atoms with E-state index in [0.29, 0.717) is 0 Å². The Hall–Kier alpha value is -1.74. The summed E-state index contributed by atoms with van der Waals surface area (Å²) in [6, 6.07) is -0.478. The molecule has 0 aliphatic carbocycles. The highest BCUT2D eigenvalue weighted by Crippen LogP contribution is 2.47. The number of aliphatic hydroxyl groups is 1. The van der Waals surface area contributed by atoms with Gasteiger partial charge in [-0.3, -0.25) is 13.8 Å². The molecule has 128 valence electrons. The number of carboxylic acids is 1. The van der Waals surface area contributed by atoms with Crippen molar-refractivity contribution in [3.8, 4) is 0 Å². The molecule has 0 unspecified atom stereocenters.